The Morgan fingerprint density at radius 1 is 1.50 bits per heavy atom. The third kappa shape index (κ3) is 2.00. The Kier molecular flexibility index (Phi) is 2.92. The molecule has 0 radical (unpaired) electrons. The van der Waals surface area contributed by atoms with Gasteiger partial charge in [-0.3, -0.25) is 9.59 Å². The smallest absolute Gasteiger partial charge is 0.325 e. The minimum Gasteiger partial charge on any atom is -0.480 e. The van der Waals surface area contributed by atoms with E-state index in [4.69, 9.17) is 16.6 Å². The zero-order chi connectivity index (χ0) is 13.3. The average Bonchev–Trinajstić information content (AvgIpc) is 2.73. The van der Waals surface area contributed by atoms with Crippen molar-refractivity contribution in [2.75, 3.05) is 18.0 Å². The molecule has 0 bridgehead atoms. The lowest BCUT2D eigenvalue weighted by Gasteiger charge is -2.22. The van der Waals surface area contributed by atoms with E-state index in [0.717, 1.165) is 0 Å². The van der Waals surface area contributed by atoms with Gasteiger partial charge < -0.3 is 21.5 Å². The van der Waals surface area contributed by atoms with Gasteiger partial charge in [-0.1, -0.05) is 0 Å². The number of pyridine rings is 1. The van der Waals surface area contributed by atoms with Crippen molar-refractivity contribution in [1.29, 1.82) is 0 Å². The highest BCUT2D eigenvalue weighted by molar-refractivity contribution is 5.98. The highest BCUT2D eigenvalue weighted by Gasteiger charge is 2.42. The van der Waals surface area contributed by atoms with Crippen LogP contribution in [0.3, 0.4) is 0 Å². The van der Waals surface area contributed by atoms with E-state index in [1.165, 1.54) is 6.20 Å². The van der Waals surface area contributed by atoms with E-state index >= 15 is 0 Å². The number of amides is 1. The molecule has 1 fully saturated rings. The topological polar surface area (TPSA) is 123 Å². The van der Waals surface area contributed by atoms with E-state index in [9.17, 15) is 9.59 Å². The van der Waals surface area contributed by atoms with Crippen LogP contribution in [0.5, 0.6) is 0 Å². The number of aliphatic carboxylic acids is 1. The zero-order valence-electron chi connectivity index (χ0n) is 9.67. The summed E-state index contributed by atoms with van der Waals surface area (Å²) in [6, 6.07) is 3.16. The molecule has 1 aromatic rings. The molecule has 1 aromatic heterocycles. The van der Waals surface area contributed by atoms with Gasteiger partial charge in [-0.25, -0.2) is 4.98 Å². The van der Waals surface area contributed by atoms with Crippen LogP contribution >= 0.6 is 0 Å². The number of nitrogens with two attached hydrogens (primary N) is 2. The number of anilines is 1. The molecule has 1 unspecified atom stereocenters. The lowest BCUT2D eigenvalue weighted by Crippen LogP contribution is -2.50. The van der Waals surface area contributed by atoms with Gasteiger partial charge >= 0.3 is 5.97 Å². The summed E-state index contributed by atoms with van der Waals surface area (Å²) in [6.45, 7) is 0.541. The van der Waals surface area contributed by atoms with E-state index in [0.29, 0.717) is 18.8 Å². The Morgan fingerprint density at radius 2 is 2.22 bits per heavy atom. The lowest BCUT2D eigenvalue weighted by molar-refractivity contribution is -0.142. The molecule has 7 nitrogen and oxygen atoms in total. The number of primary amides is 1. The van der Waals surface area contributed by atoms with Crippen molar-refractivity contribution in [3.8, 4) is 0 Å². The number of carboxylic acid groups (broad SMARTS) is 1. The largest absolute Gasteiger partial charge is 0.480 e. The van der Waals surface area contributed by atoms with Crippen LogP contribution in [0.25, 0.3) is 0 Å². The molecule has 5 N–H and O–H groups in total. The standard InChI is InChI=1S/C11H14N4O3/c12-8(16)7-2-1-4-14-9(7)15-5-3-11(13,6-15)10(17)18/h1-2,4H,3,5-6,13H2,(H2,12,16)(H,17,18). The molecule has 1 aliphatic rings. The monoisotopic (exact) mass is 250 g/mol. The van der Waals surface area contributed by atoms with Crippen molar-refractivity contribution in [3.63, 3.8) is 0 Å². The summed E-state index contributed by atoms with van der Waals surface area (Å²) in [5.41, 5.74) is 10.00. The average molecular weight is 250 g/mol. The second-order valence-corrected chi connectivity index (χ2v) is 4.37. The summed E-state index contributed by atoms with van der Waals surface area (Å²) in [5.74, 6) is -1.26. The van der Waals surface area contributed by atoms with Crippen LogP contribution in [0.15, 0.2) is 18.3 Å². The molecule has 1 amide bonds. The highest BCUT2D eigenvalue weighted by Crippen LogP contribution is 2.26. The SMILES string of the molecule is NC(=O)c1cccnc1N1CCC(N)(C(=O)O)C1. The molecule has 7 heteroatoms. The number of hydrogen-bond acceptors (Lipinski definition) is 5. The van der Waals surface area contributed by atoms with Crippen molar-refractivity contribution >= 4 is 17.7 Å². The van der Waals surface area contributed by atoms with Gasteiger partial charge in [0.1, 0.15) is 11.4 Å². The third-order valence-electron chi connectivity index (χ3n) is 3.08. The summed E-state index contributed by atoms with van der Waals surface area (Å²) in [7, 11) is 0. The maximum atomic E-state index is 11.3. The van der Waals surface area contributed by atoms with Gasteiger partial charge in [0.25, 0.3) is 5.91 Å². The van der Waals surface area contributed by atoms with E-state index < -0.39 is 17.4 Å². The Bertz CT molecular complexity index is 505. The van der Waals surface area contributed by atoms with Crippen molar-refractivity contribution in [2.24, 2.45) is 11.5 Å². The number of carbonyl (C=O) groups excluding carboxylic acids is 1. The fraction of sp³-hybridized carbons (Fsp3) is 0.364. The van der Waals surface area contributed by atoms with Crippen molar-refractivity contribution in [3.05, 3.63) is 23.9 Å². The molecule has 18 heavy (non-hydrogen) atoms. The zero-order valence-corrected chi connectivity index (χ0v) is 9.67. The van der Waals surface area contributed by atoms with E-state index in [1.54, 1.807) is 17.0 Å². The fourth-order valence-corrected chi connectivity index (χ4v) is 2.03. The Hall–Kier alpha value is -2.15. The van der Waals surface area contributed by atoms with Crippen LogP contribution < -0.4 is 16.4 Å². The predicted molar refractivity (Wildman–Crippen MR) is 64.1 cm³/mol. The molecular formula is C11H14N4O3. The van der Waals surface area contributed by atoms with Gasteiger partial charge in [0.2, 0.25) is 0 Å². The summed E-state index contributed by atoms with van der Waals surface area (Å²) in [5, 5.41) is 9.05. The van der Waals surface area contributed by atoms with Gasteiger partial charge in [0.05, 0.1) is 5.56 Å². The normalized spacial score (nSPS) is 23.1. The van der Waals surface area contributed by atoms with Gasteiger partial charge in [0.15, 0.2) is 0 Å². The van der Waals surface area contributed by atoms with Crippen molar-refractivity contribution < 1.29 is 14.7 Å². The minimum atomic E-state index is -1.30. The van der Waals surface area contributed by atoms with E-state index in [1.807, 2.05) is 0 Å². The maximum Gasteiger partial charge on any atom is 0.325 e. The van der Waals surface area contributed by atoms with Gasteiger partial charge in [-0.15, -0.1) is 0 Å². The van der Waals surface area contributed by atoms with Crippen molar-refractivity contribution in [1.82, 2.24) is 4.98 Å². The first-order chi connectivity index (χ1) is 8.44. The molecule has 0 spiro atoms. The molecule has 2 heterocycles. The minimum absolute atomic E-state index is 0.111. The predicted octanol–water partition coefficient (Wildman–Crippen LogP) is -0.827. The number of rotatable bonds is 3. The lowest BCUT2D eigenvalue weighted by atomic mass is 10.0. The van der Waals surface area contributed by atoms with Crippen LogP contribution in [0, 0.1) is 0 Å². The Balaban J connectivity index is 2.30. The summed E-state index contributed by atoms with van der Waals surface area (Å²) >= 11 is 0. The first-order valence-corrected chi connectivity index (χ1v) is 5.46. The quantitative estimate of drug-likeness (QED) is 0.643. The number of carbonyl (C=O) groups is 2. The molecule has 1 saturated heterocycles. The van der Waals surface area contributed by atoms with Crippen LogP contribution in [0.1, 0.15) is 16.8 Å². The van der Waals surface area contributed by atoms with Gasteiger partial charge in [-0.2, -0.15) is 0 Å². The molecule has 0 aliphatic carbocycles. The van der Waals surface area contributed by atoms with E-state index in [2.05, 4.69) is 4.98 Å². The van der Waals surface area contributed by atoms with Gasteiger partial charge in [-0.05, 0) is 18.6 Å². The maximum absolute atomic E-state index is 11.3. The van der Waals surface area contributed by atoms with Crippen LogP contribution in [0.2, 0.25) is 0 Å². The Morgan fingerprint density at radius 3 is 2.78 bits per heavy atom. The summed E-state index contributed by atoms with van der Waals surface area (Å²) in [6.07, 6.45) is 1.83. The number of hydrogen-bond donors (Lipinski definition) is 3. The van der Waals surface area contributed by atoms with Crippen LogP contribution in [0.4, 0.5) is 5.82 Å². The number of aromatic nitrogens is 1. The summed E-state index contributed by atoms with van der Waals surface area (Å²) in [4.78, 5) is 28.1. The number of carboxylic acids is 1. The fourth-order valence-electron chi connectivity index (χ4n) is 2.03. The second-order valence-electron chi connectivity index (χ2n) is 4.37. The summed E-state index contributed by atoms with van der Waals surface area (Å²) < 4.78 is 0. The molecule has 1 atom stereocenters. The number of nitrogens with zero attached hydrogens (tertiary/aromatic N) is 2. The third-order valence-corrected chi connectivity index (χ3v) is 3.08. The van der Waals surface area contributed by atoms with Gasteiger partial charge in [0, 0.05) is 19.3 Å². The Labute approximate surface area is 103 Å². The molecule has 2 rings (SSSR count). The van der Waals surface area contributed by atoms with Crippen LogP contribution in [-0.4, -0.2) is 40.6 Å². The molecular weight excluding hydrogens is 236 g/mol. The van der Waals surface area contributed by atoms with Crippen LogP contribution in [-0.2, 0) is 4.79 Å². The first kappa shape index (κ1) is 12.3. The second kappa shape index (κ2) is 4.26. The first-order valence-electron chi connectivity index (χ1n) is 5.46. The molecule has 0 saturated carbocycles. The molecule has 1 aliphatic heterocycles. The molecule has 96 valence electrons. The highest BCUT2D eigenvalue weighted by atomic mass is 16.4. The van der Waals surface area contributed by atoms with E-state index in [-0.39, 0.29) is 12.1 Å². The van der Waals surface area contributed by atoms with Crippen molar-refractivity contribution in [2.45, 2.75) is 12.0 Å². The molecule has 0 aromatic carbocycles.